The Morgan fingerprint density at radius 2 is 1.63 bits per heavy atom. The van der Waals surface area contributed by atoms with Crippen LogP contribution >= 0.6 is 12.6 Å². The lowest BCUT2D eigenvalue weighted by Gasteiger charge is -2.21. The van der Waals surface area contributed by atoms with E-state index in [4.69, 9.17) is 0 Å². The molecule has 0 saturated carbocycles. The fourth-order valence-corrected chi connectivity index (χ4v) is 2.47. The molecule has 98 valence electrons. The van der Waals surface area contributed by atoms with Crippen LogP contribution in [0.15, 0.2) is 58.4 Å². The van der Waals surface area contributed by atoms with Gasteiger partial charge >= 0.3 is 0 Å². The molecule has 0 aromatic heterocycles. The summed E-state index contributed by atoms with van der Waals surface area (Å²) in [4.78, 5) is 5.50. The average molecular weight is 269 g/mol. The number of para-hydroxylation sites is 1. The van der Waals surface area contributed by atoms with Crippen LogP contribution in [0.1, 0.15) is 31.9 Å². The standard InChI is InChI=1S/C17H19NS/c1-17(2,3)15-11-7-8-13(16(15)19)12-18-14-9-5-4-6-10-14/h4-12,19H,1-3H3. The highest BCUT2D eigenvalue weighted by atomic mass is 32.1. The Kier molecular flexibility index (Phi) is 4.11. The van der Waals surface area contributed by atoms with Gasteiger partial charge in [0.15, 0.2) is 0 Å². The number of benzene rings is 2. The molecule has 0 unspecified atom stereocenters. The molecule has 2 rings (SSSR count). The molecule has 0 bridgehead atoms. The van der Waals surface area contributed by atoms with Crippen LogP contribution in [0.5, 0.6) is 0 Å². The van der Waals surface area contributed by atoms with Gasteiger partial charge in [0, 0.05) is 16.7 Å². The monoisotopic (exact) mass is 269 g/mol. The van der Waals surface area contributed by atoms with Crippen molar-refractivity contribution in [1.82, 2.24) is 0 Å². The summed E-state index contributed by atoms with van der Waals surface area (Å²) in [5, 5.41) is 0. The van der Waals surface area contributed by atoms with E-state index in [9.17, 15) is 0 Å². The fraction of sp³-hybridized carbons (Fsp3) is 0.235. The van der Waals surface area contributed by atoms with Gasteiger partial charge in [-0.15, -0.1) is 12.6 Å². The second-order valence-corrected chi connectivity index (χ2v) is 6.03. The first-order valence-corrected chi connectivity index (χ1v) is 6.85. The van der Waals surface area contributed by atoms with Crippen molar-refractivity contribution >= 4 is 24.5 Å². The van der Waals surface area contributed by atoms with E-state index in [2.05, 4.69) is 50.5 Å². The minimum Gasteiger partial charge on any atom is -0.256 e. The molecule has 19 heavy (non-hydrogen) atoms. The summed E-state index contributed by atoms with van der Waals surface area (Å²) in [5.41, 5.74) is 3.34. The number of hydrogen-bond donors (Lipinski definition) is 1. The van der Waals surface area contributed by atoms with E-state index in [0.29, 0.717) is 0 Å². The van der Waals surface area contributed by atoms with Gasteiger partial charge in [-0.05, 0) is 23.1 Å². The average Bonchev–Trinajstić information content (AvgIpc) is 2.37. The number of nitrogens with zero attached hydrogens (tertiary/aromatic N) is 1. The van der Waals surface area contributed by atoms with Gasteiger partial charge in [-0.3, -0.25) is 4.99 Å². The molecule has 0 amide bonds. The summed E-state index contributed by atoms with van der Waals surface area (Å²) in [6.45, 7) is 6.58. The van der Waals surface area contributed by atoms with Crippen LogP contribution in [0.2, 0.25) is 0 Å². The number of hydrogen-bond acceptors (Lipinski definition) is 2. The topological polar surface area (TPSA) is 12.4 Å². The van der Waals surface area contributed by atoms with Gasteiger partial charge in [0.25, 0.3) is 0 Å². The third kappa shape index (κ3) is 3.48. The van der Waals surface area contributed by atoms with Crippen molar-refractivity contribution in [3.63, 3.8) is 0 Å². The first-order valence-electron chi connectivity index (χ1n) is 6.40. The molecule has 0 atom stereocenters. The van der Waals surface area contributed by atoms with Gasteiger partial charge in [-0.2, -0.15) is 0 Å². The highest BCUT2D eigenvalue weighted by molar-refractivity contribution is 7.80. The SMILES string of the molecule is CC(C)(C)c1cccc(C=Nc2ccccc2)c1S. The van der Waals surface area contributed by atoms with Gasteiger partial charge in [0.2, 0.25) is 0 Å². The minimum atomic E-state index is 0.0910. The highest BCUT2D eigenvalue weighted by Crippen LogP contribution is 2.30. The van der Waals surface area contributed by atoms with Gasteiger partial charge in [0.05, 0.1) is 5.69 Å². The lowest BCUT2D eigenvalue weighted by molar-refractivity contribution is 0.578. The molecular formula is C17H19NS. The molecular weight excluding hydrogens is 250 g/mol. The van der Waals surface area contributed by atoms with E-state index in [1.807, 2.05) is 42.6 Å². The van der Waals surface area contributed by atoms with Crippen LogP contribution in [0.4, 0.5) is 5.69 Å². The predicted octanol–water partition coefficient (Wildman–Crippen LogP) is 5.02. The number of aliphatic imine (C=N–C) groups is 1. The van der Waals surface area contributed by atoms with Gasteiger partial charge in [-0.25, -0.2) is 0 Å². The lowest BCUT2D eigenvalue weighted by Crippen LogP contribution is -2.12. The van der Waals surface area contributed by atoms with Crippen molar-refractivity contribution in [3.8, 4) is 0 Å². The van der Waals surface area contributed by atoms with E-state index < -0.39 is 0 Å². The van der Waals surface area contributed by atoms with Gasteiger partial charge in [0.1, 0.15) is 0 Å². The Bertz CT molecular complexity index is 580. The van der Waals surface area contributed by atoms with E-state index in [1.165, 1.54) is 5.56 Å². The van der Waals surface area contributed by atoms with E-state index in [0.717, 1.165) is 16.1 Å². The molecule has 0 spiro atoms. The summed E-state index contributed by atoms with van der Waals surface area (Å²) < 4.78 is 0. The molecule has 0 fully saturated rings. The second-order valence-electron chi connectivity index (χ2n) is 5.59. The summed E-state index contributed by atoms with van der Waals surface area (Å²) in [6.07, 6.45) is 1.88. The van der Waals surface area contributed by atoms with Crippen LogP contribution in [-0.2, 0) is 5.41 Å². The van der Waals surface area contributed by atoms with Crippen LogP contribution in [0.25, 0.3) is 0 Å². The number of thiol groups is 1. The smallest absolute Gasteiger partial charge is 0.0629 e. The molecule has 0 aliphatic rings. The molecule has 0 saturated heterocycles. The quantitative estimate of drug-likeness (QED) is 0.580. The maximum atomic E-state index is 4.66. The van der Waals surface area contributed by atoms with Gasteiger partial charge < -0.3 is 0 Å². The maximum absolute atomic E-state index is 4.66. The van der Waals surface area contributed by atoms with Crippen molar-refractivity contribution in [3.05, 3.63) is 59.7 Å². The van der Waals surface area contributed by atoms with Crippen LogP contribution in [-0.4, -0.2) is 6.21 Å². The Morgan fingerprint density at radius 1 is 0.947 bits per heavy atom. The maximum Gasteiger partial charge on any atom is 0.0629 e. The fourth-order valence-electron chi connectivity index (χ4n) is 1.93. The number of rotatable bonds is 2. The molecule has 0 aliphatic carbocycles. The Balaban J connectivity index is 2.34. The molecule has 0 heterocycles. The zero-order chi connectivity index (χ0) is 13.9. The van der Waals surface area contributed by atoms with Crippen molar-refractivity contribution in [1.29, 1.82) is 0 Å². The first-order chi connectivity index (χ1) is 8.98. The predicted molar refractivity (Wildman–Crippen MR) is 86.1 cm³/mol. The molecule has 1 nitrogen and oxygen atoms in total. The molecule has 2 aromatic carbocycles. The summed E-state index contributed by atoms with van der Waals surface area (Å²) in [6, 6.07) is 16.2. The van der Waals surface area contributed by atoms with E-state index >= 15 is 0 Å². The molecule has 2 aromatic rings. The molecule has 2 heteroatoms. The normalized spacial score (nSPS) is 12.0. The zero-order valence-electron chi connectivity index (χ0n) is 11.6. The minimum absolute atomic E-state index is 0.0910. The van der Waals surface area contributed by atoms with Crippen molar-refractivity contribution in [2.24, 2.45) is 4.99 Å². The Hall–Kier alpha value is -1.54. The largest absolute Gasteiger partial charge is 0.256 e. The third-order valence-corrected chi connectivity index (χ3v) is 3.48. The van der Waals surface area contributed by atoms with Crippen LogP contribution < -0.4 is 0 Å². The van der Waals surface area contributed by atoms with E-state index in [1.54, 1.807) is 0 Å². The van der Waals surface area contributed by atoms with Crippen molar-refractivity contribution < 1.29 is 0 Å². The van der Waals surface area contributed by atoms with Crippen LogP contribution in [0, 0.1) is 0 Å². The zero-order valence-corrected chi connectivity index (χ0v) is 12.5. The second kappa shape index (κ2) is 5.62. The third-order valence-electron chi connectivity index (χ3n) is 2.98. The summed E-state index contributed by atoms with van der Waals surface area (Å²) in [5.74, 6) is 0. The Morgan fingerprint density at radius 3 is 2.26 bits per heavy atom. The highest BCUT2D eigenvalue weighted by Gasteiger charge is 2.17. The van der Waals surface area contributed by atoms with Gasteiger partial charge in [-0.1, -0.05) is 57.2 Å². The Labute approximate surface area is 120 Å². The molecule has 0 aliphatic heterocycles. The van der Waals surface area contributed by atoms with Crippen LogP contribution in [0.3, 0.4) is 0 Å². The summed E-state index contributed by atoms with van der Waals surface area (Å²) in [7, 11) is 0. The van der Waals surface area contributed by atoms with Crippen molar-refractivity contribution in [2.75, 3.05) is 0 Å². The van der Waals surface area contributed by atoms with E-state index in [-0.39, 0.29) is 5.41 Å². The lowest BCUT2D eigenvalue weighted by atomic mass is 9.86. The summed E-state index contributed by atoms with van der Waals surface area (Å²) >= 11 is 4.66. The first kappa shape index (κ1) is 13.9. The molecule has 0 radical (unpaired) electrons. The molecule has 0 N–H and O–H groups in total. The van der Waals surface area contributed by atoms with Crippen molar-refractivity contribution in [2.45, 2.75) is 31.1 Å².